The Morgan fingerprint density at radius 2 is 1.92 bits per heavy atom. The first-order valence-electron chi connectivity index (χ1n) is 9.56. The zero-order valence-corrected chi connectivity index (χ0v) is 16.0. The number of β-amino-alcohol motifs (C(OH)–C–C–N with tert-alkyl or cyclic N) is 1. The molecule has 146 valence electrons. The van der Waals surface area contributed by atoms with Crippen molar-refractivity contribution in [2.75, 3.05) is 59.2 Å². The second-order valence-electron chi connectivity index (χ2n) is 7.84. The summed E-state index contributed by atoms with van der Waals surface area (Å²) in [5.41, 5.74) is 1.14. The van der Waals surface area contributed by atoms with E-state index in [2.05, 4.69) is 35.8 Å². The first-order chi connectivity index (χ1) is 12.5. The Labute approximate surface area is 156 Å². The van der Waals surface area contributed by atoms with Gasteiger partial charge in [-0.3, -0.25) is 9.80 Å². The van der Waals surface area contributed by atoms with E-state index >= 15 is 0 Å². The SMILES string of the molecule is CC1(C)CN(Cc2cccc(OC[C@@H](O)CN3CCOCC3)c2)CCO1. The predicted molar refractivity (Wildman–Crippen MR) is 101 cm³/mol. The van der Waals surface area contributed by atoms with Crippen molar-refractivity contribution in [2.24, 2.45) is 0 Å². The van der Waals surface area contributed by atoms with E-state index in [1.165, 1.54) is 5.56 Å². The maximum atomic E-state index is 10.2. The molecule has 2 aliphatic heterocycles. The summed E-state index contributed by atoms with van der Waals surface area (Å²) in [5.74, 6) is 0.816. The summed E-state index contributed by atoms with van der Waals surface area (Å²) in [6.45, 7) is 12.0. The summed E-state index contributed by atoms with van der Waals surface area (Å²) in [4.78, 5) is 4.63. The molecule has 6 nitrogen and oxygen atoms in total. The van der Waals surface area contributed by atoms with Gasteiger partial charge in [0.05, 0.1) is 25.4 Å². The molecular formula is C20H32N2O4. The van der Waals surface area contributed by atoms with Crippen molar-refractivity contribution in [3.8, 4) is 5.75 Å². The lowest BCUT2D eigenvalue weighted by Gasteiger charge is -2.38. The first-order valence-corrected chi connectivity index (χ1v) is 9.56. The number of ether oxygens (including phenoxy) is 3. The van der Waals surface area contributed by atoms with E-state index in [0.29, 0.717) is 13.2 Å². The van der Waals surface area contributed by atoms with Crippen LogP contribution in [-0.4, -0.2) is 85.8 Å². The fourth-order valence-corrected chi connectivity index (χ4v) is 3.57. The molecule has 0 saturated carbocycles. The topological polar surface area (TPSA) is 54.4 Å². The average molecular weight is 364 g/mol. The van der Waals surface area contributed by atoms with Crippen molar-refractivity contribution in [1.29, 1.82) is 0 Å². The van der Waals surface area contributed by atoms with Crippen LogP contribution in [0.25, 0.3) is 0 Å². The summed E-state index contributed by atoms with van der Waals surface area (Å²) < 4.78 is 16.9. The van der Waals surface area contributed by atoms with Crippen molar-refractivity contribution in [1.82, 2.24) is 9.80 Å². The molecule has 0 aliphatic carbocycles. The van der Waals surface area contributed by atoms with Gasteiger partial charge in [-0.05, 0) is 31.5 Å². The van der Waals surface area contributed by atoms with Crippen LogP contribution < -0.4 is 4.74 Å². The molecular weight excluding hydrogens is 332 g/mol. The Bertz CT molecular complexity index is 560. The molecule has 1 atom stereocenters. The third-order valence-electron chi connectivity index (χ3n) is 4.82. The van der Waals surface area contributed by atoms with Crippen LogP contribution in [-0.2, 0) is 16.0 Å². The van der Waals surface area contributed by atoms with Crippen molar-refractivity contribution < 1.29 is 19.3 Å². The molecule has 2 heterocycles. The Balaban J connectivity index is 1.46. The summed E-state index contributed by atoms with van der Waals surface area (Å²) in [5, 5.41) is 10.2. The van der Waals surface area contributed by atoms with Gasteiger partial charge in [-0.2, -0.15) is 0 Å². The normalized spacial score (nSPS) is 22.9. The van der Waals surface area contributed by atoms with Crippen LogP contribution in [0.3, 0.4) is 0 Å². The Morgan fingerprint density at radius 3 is 2.69 bits per heavy atom. The van der Waals surface area contributed by atoms with Crippen LogP contribution in [0.15, 0.2) is 24.3 Å². The predicted octanol–water partition coefficient (Wildman–Crippen LogP) is 1.37. The number of benzene rings is 1. The van der Waals surface area contributed by atoms with Crippen molar-refractivity contribution in [2.45, 2.75) is 32.1 Å². The second kappa shape index (κ2) is 9.15. The third-order valence-corrected chi connectivity index (χ3v) is 4.82. The molecule has 0 amide bonds. The van der Waals surface area contributed by atoms with E-state index in [1.807, 2.05) is 12.1 Å². The smallest absolute Gasteiger partial charge is 0.119 e. The lowest BCUT2D eigenvalue weighted by molar-refractivity contribution is -0.0882. The minimum absolute atomic E-state index is 0.0873. The first kappa shape index (κ1) is 19.6. The number of aliphatic hydroxyl groups is 1. The molecule has 0 spiro atoms. The summed E-state index contributed by atoms with van der Waals surface area (Å²) >= 11 is 0. The monoisotopic (exact) mass is 364 g/mol. The van der Waals surface area contributed by atoms with Crippen LogP contribution in [0.2, 0.25) is 0 Å². The standard InChI is InChI=1S/C20H32N2O4/c1-20(2)16-22(8-11-26-20)13-17-4-3-5-19(12-17)25-15-18(23)14-21-6-9-24-10-7-21/h3-5,12,18,23H,6-11,13-16H2,1-2H3/t18-/m0/s1. The van der Waals surface area contributed by atoms with Crippen molar-refractivity contribution in [3.63, 3.8) is 0 Å². The van der Waals surface area contributed by atoms with Gasteiger partial charge >= 0.3 is 0 Å². The average Bonchev–Trinajstić information content (AvgIpc) is 2.60. The number of nitrogens with zero attached hydrogens (tertiary/aromatic N) is 2. The van der Waals surface area contributed by atoms with Crippen molar-refractivity contribution >= 4 is 0 Å². The third kappa shape index (κ3) is 6.21. The van der Waals surface area contributed by atoms with E-state index in [0.717, 1.165) is 58.3 Å². The molecule has 0 aromatic heterocycles. The molecule has 0 bridgehead atoms. The van der Waals surface area contributed by atoms with Crippen LogP contribution in [0.5, 0.6) is 5.75 Å². The van der Waals surface area contributed by atoms with Gasteiger partial charge in [-0.25, -0.2) is 0 Å². The van der Waals surface area contributed by atoms with Gasteiger partial charge in [-0.15, -0.1) is 0 Å². The number of hydrogen-bond donors (Lipinski definition) is 1. The van der Waals surface area contributed by atoms with Gasteiger partial charge in [0.2, 0.25) is 0 Å². The van der Waals surface area contributed by atoms with Gasteiger partial charge in [-0.1, -0.05) is 12.1 Å². The van der Waals surface area contributed by atoms with Gasteiger partial charge in [0, 0.05) is 39.3 Å². The molecule has 1 aromatic rings. The van der Waals surface area contributed by atoms with Crippen LogP contribution >= 0.6 is 0 Å². The highest BCUT2D eigenvalue weighted by Gasteiger charge is 2.27. The molecule has 1 aromatic carbocycles. The number of morpholine rings is 2. The molecule has 6 heteroatoms. The van der Waals surface area contributed by atoms with Gasteiger partial charge in [0.25, 0.3) is 0 Å². The van der Waals surface area contributed by atoms with Gasteiger partial charge in [0.1, 0.15) is 18.5 Å². The summed E-state index contributed by atoms with van der Waals surface area (Å²) in [6, 6.07) is 8.17. The molecule has 2 saturated heterocycles. The lowest BCUT2D eigenvalue weighted by Crippen LogP contribution is -2.47. The Morgan fingerprint density at radius 1 is 1.15 bits per heavy atom. The fraction of sp³-hybridized carbons (Fsp3) is 0.700. The van der Waals surface area contributed by atoms with Crippen LogP contribution in [0.1, 0.15) is 19.4 Å². The summed E-state index contributed by atoms with van der Waals surface area (Å²) in [7, 11) is 0. The van der Waals surface area contributed by atoms with Crippen LogP contribution in [0, 0.1) is 0 Å². The number of hydrogen-bond acceptors (Lipinski definition) is 6. The lowest BCUT2D eigenvalue weighted by atomic mass is 10.1. The second-order valence-corrected chi connectivity index (χ2v) is 7.84. The Kier molecular flexibility index (Phi) is 6.89. The minimum atomic E-state index is -0.489. The maximum Gasteiger partial charge on any atom is 0.119 e. The molecule has 0 unspecified atom stereocenters. The maximum absolute atomic E-state index is 10.2. The number of rotatable bonds is 7. The molecule has 0 radical (unpaired) electrons. The Hall–Kier alpha value is -1.18. The quantitative estimate of drug-likeness (QED) is 0.789. The zero-order chi connectivity index (χ0) is 18.4. The zero-order valence-electron chi connectivity index (χ0n) is 16.0. The molecule has 26 heavy (non-hydrogen) atoms. The van der Waals surface area contributed by atoms with Gasteiger partial charge in [0.15, 0.2) is 0 Å². The van der Waals surface area contributed by atoms with E-state index in [9.17, 15) is 5.11 Å². The molecule has 2 aliphatic rings. The van der Waals surface area contributed by atoms with E-state index in [1.54, 1.807) is 0 Å². The molecule has 2 fully saturated rings. The number of aliphatic hydroxyl groups excluding tert-OH is 1. The van der Waals surface area contributed by atoms with Crippen molar-refractivity contribution in [3.05, 3.63) is 29.8 Å². The van der Waals surface area contributed by atoms with E-state index in [4.69, 9.17) is 14.2 Å². The van der Waals surface area contributed by atoms with Gasteiger partial charge < -0.3 is 19.3 Å². The molecule has 3 rings (SSSR count). The minimum Gasteiger partial charge on any atom is -0.491 e. The van der Waals surface area contributed by atoms with Crippen LogP contribution in [0.4, 0.5) is 0 Å². The fourth-order valence-electron chi connectivity index (χ4n) is 3.57. The van der Waals surface area contributed by atoms with E-state index < -0.39 is 6.10 Å². The highest BCUT2D eigenvalue weighted by Crippen LogP contribution is 2.20. The highest BCUT2D eigenvalue weighted by atomic mass is 16.5. The van der Waals surface area contributed by atoms with E-state index in [-0.39, 0.29) is 5.60 Å². The molecule has 1 N–H and O–H groups in total. The summed E-state index contributed by atoms with van der Waals surface area (Å²) in [6.07, 6.45) is -0.489. The highest BCUT2D eigenvalue weighted by molar-refractivity contribution is 5.28. The largest absolute Gasteiger partial charge is 0.491 e.